The lowest BCUT2D eigenvalue weighted by Crippen LogP contribution is -2.78. The number of fused-ring (bicyclic) bond motifs is 2. The molecule has 2 aromatic carbocycles. The Morgan fingerprint density at radius 3 is 2.60 bits per heavy atom. The summed E-state index contributed by atoms with van der Waals surface area (Å²) >= 11 is 0. The predicted octanol–water partition coefficient (Wildman–Crippen LogP) is -1.26. The number of guanidine groups is 2. The first-order valence-electron chi connectivity index (χ1n) is 15.0. The van der Waals surface area contributed by atoms with Gasteiger partial charge in [0.2, 0.25) is 5.79 Å². The lowest BCUT2D eigenvalue weighted by atomic mass is 9.66. The SMILES string of the molecule is NC1=N[C@H]2[C@H](CN3C(=O)CN(c4ccccc4)C3=O)N=C(N)N3CC(NC(=O)c4cccc5c4OCC54CCC4)C(O)(O)[C@]23N1. The highest BCUT2D eigenvalue weighted by Crippen LogP contribution is 2.52. The maximum Gasteiger partial charge on any atom is 0.331 e. The second-order valence-electron chi connectivity index (χ2n) is 12.6. The Kier molecular flexibility index (Phi) is 5.72. The Labute approximate surface area is 257 Å². The minimum Gasteiger partial charge on any atom is -0.492 e. The molecule has 5 aliphatic heterocycles. The average molecular weight is 616 g/mol. The van der Waals surface area contributed by atoms with Gasteiger partial charge in [0.05, 0.1) is 24.8 Å². The summed E-state index contributed by atoms with van der Waals surface area (Å²) in [5.74, 6) is -3.35. The number of hydrogen-bond donors (Lipinski definition) is 6. The van der Waals surface area contributed by atoms with Gasteiger partial charge in [0.25, 0.3) is 11.8 Å². The zero-order chi connectivity index (χ0) is 31.3. The summed E-state index contributed by atoms with van der Waals surface area (Å²) in [6, 6.07) is 10.4. The van der Waals surface area contributed by atoms with Crippen molar-refractivity contribution >= 4 is 35.5 Å². The Bertz CT molecular complexity index is 1690. The van der Waals surface area contributed by atoms with E-state index in [-0.39, 0.29) is 37.0 Å². The van der Waals surface area contributed by atoms with E-state index in [4.69, 9.17) is 16.2 Å². The van der Waals surface area contributed by atoms with Gasteiger partial charge in [-0.25, -0.2) is 14.8 Å². The number of nitrogens with zero attached hydrogens (tertiary/aromatic N) is 5. The van der Waals surface area contributed by atoms with Gasteiger partial charge in [-0.05, 0) is 31.0 Å². The Morgan fingerprint density at radius 1 is 1.09 bits per heavy atom. The van der Waals surface area contributed by atoms with Crippen LogP contribution in [0, 0.1) is 0 Å². The largest absolute Gasteiger partial charge is 0.492 e. The van der Waals surface area contributed by atoms with Crippen molar-refractivity contribution in [2.45, 2.75) is 54.3 Å². The molecule has 15 nitrogen and oxygen atoms in total. The summed E-state index contributed by atoms with van der Waals surface area (Å²) in [6.07, 6.45) is 3.09. The van der Waals surface area contributed by atoms with Crippen LogP contribution in [-0.4, -0.2) is 106 Å². The maximum atomic E-state index is 13.7. The molecule has 4 amide bonds. The van der Waals surface area contributed by atoms with Crippen molar-refractivity contribution in [1.29, 1.82) is 0 Å². The van der Waals surface area contributed by atoms with Gasteiger partial charge in [-0.3, -0.25) is 19.4 Å². The van der Waals surface area contributed by atoms with E-state index in [2.05, 4.69) is 20.6 Å². The Morgan fingerprint density at radius 2 is 1.87 bits per heavy atom. The van der Waals surface area contributed by atoms with Crippen LogP contribution in [0.15, 0.2) is 58.5 Å². The first kappa shape index (κ1) is 27.6. The number of benzene rings is 2. The highest BCUT2D eigenvalue weighted by molar-refractivity contribution is 6.12. The molecule has 5 heterocycles. The third-order valence-electron chi connectivity index (χ3n) is 10.2. The fourth-order valence-electron chi connectivity index (χ4n) is 7.78. The minimum atomic E-state index is -2.68. The molecule has 2 spiro atoms. The molecule has 45 heavy (non-hydrogen) atoms. The van der Waals surface area contributed by atoms with Crippen LogP contribution in [0.1, 0.15) is 35.2 Å². The summed E-state index contributed by atoms with van der Waals surface area (Å²) in [4.78, 5) is 52.8. The first-order valence-corrected chi connectivity index (χ1v) is 15.0. The van der Waals surface area contributed by atoms with Gasteiger partial charge in [0.15, 0.2) is 17.6 Å². The molecule has 8 N–H and O–H groups in total. The van der Waals surface area contributed by atoms with Gasteiger partial charge >= 0.3 is 6.03 Å². The molecule has 0 aromatic heterocycles. The Hall–Kier alpha value is -4.89. The number of carbonyl (C=O) groups excluding carboxylic acids is 3. The first-order chi connectivity index (χ1) is 21.6. The molecule has 1 saturated carbocycles. The third kappa shape index (κ3) is 3.67. The summed E-state index contributed by atoms with van der Waals surface area (Å²) in [5.41, 5.74) is 12.5. The monoisotopic (exact) mass is 615 g/mol. The van der Waals surface area contributed by atoms with Crippen LogP contribution in [0.5, 0.6) is 5.75 Å². The van der Waals surface area contributed by atoms with Crippen molar-refractivity contribution in [2.24, 2.45) is 21.5 Å². The fourth-order valence-corrected chi connectivity index (χ4v) is 7.78. The Balaban J connectivity index is 1.07. The molecule has 1 aliphatic carbocycles. The summed E-state index contributed by atoms with van der Waals surface area (Å²) in [5, 5.41) is 29.4. The number of aliphatic hydroxyl groups is 2. The molecule has 8 rings (SSSR count). The van der Waals surface area contributed by atoms with Crippen LogP contribution in [0.3, 0.4) is 0 Å². The van der Waals surface area contributed by atoms with Crippen LogP contribution in [0.2, 0.25) is 0 Å². The van der Waals surface area contributed by atoms with E-state index in [9.17, 15) is 24.6 Å². The predicted molar refractivity (Wildman–Crippen MR) is 160 cm³/mol. The van der Waals surface area contributed by atoms with Crippen molar-refractivity contribution in [3.63, 3.8) is 0 Å². The van der Waals surface area contributed by atoms with Crippen molar-refractivity contribution in [1.82, 2.24) is 20.4 Å². The summed E-state index contributed by atoms with van der Waals surface area (Å²) in [7, 11) is 0. The van der Waals surface area contributed by atoms with Gasteiger partial charge in [0.1, 0.15) is 24.4 Å². The summed E-state index contributed by atoms with van der Waals surface area (Å²) in [6.45, 7) is -0.0237. The smallest absolute Gasteiger partial charge is 0.331 e. The third-order valence-corrected chi connectivity index (χ3v) is 10.2. The lowest BCUT2D eigenvalue weighted by molar-refractivity contribution is -0.230. The standard InChI is InChI=1S/C30H33N9O6/c31-25-35-23-19(12-38-21(40)14-37(27(38)42)16-6-2-1-3-7-16)33-26(32)39-13-20(30(43,44)29(23,39)36-25)34-24(41)17-8-4-9-18-22(17)45-15-28(18)10-5-11-28/h1-4,6-9,19-20,23,43-44H,5,10-15H2,(H2,32,33)(H,34,41)(H3,31,35,36)/t19-,20?,23-,29-/m0/s1. The average Bonchev–Trinajstić information content (AvgIpc) is 3.71. The fraction of sp³-hybridized carbons (Fsp3) is 0.433. The van der Waals surface area contributed by atoms with Gasteiger partial charge in [-0.2, -0.15) is 0 Å². The van der Waals surface area contributed by atoms with Crippen LogP contribution >= 0.6 is 0 Å². The number of nitrogens with one attached hydrogen (secondary N) is 2. The molecule has 15 heteroatoms. The molecule has 234 valence electrons. The highest BCUT2D eigenvalue weighted by atomic mass is 16.5. The van der Waals surface area contributed by atoms with E-state index in [1.807, 2.05) is 18.2 Å². The van der Waals surface area contributed by atoms with Crippen molar-refractivity contribution < 1.29 is 29.3 Å². The van der Waals surface area contributed by atoms with Crippen LogP contribution in [-0.2, 0) is 10.2 Å². The zero-order valence-corrected chi connectivity index (χ0v) is 24.2. The van der Waals surface area contributed by atoms with Gasteiger partial charge < -0.3 is 42.0 Å². The lowest BCUT2D eigenvalue weighted by Gasteiger charge is -2.49. The summed E-state index contributed by atoms with van der Waals surface area (Å²) < 4.78 is 6.00. The number of ether oxygens (including phenoxy) is 1. The van der Waals surface area contributed by atoms with Gasteiger partial charge in [-0.15, -0.1) is 0 Å². The van der Waals surface area contributed by atoms with Gasteiger partial charge in [-0.1, -0.05) is 36.8 Å². The van der Waals surface area contributed by atoms with Crippen molar-refractivity contribution in [3.8, 4) is 5.75 Å². The van der Waals surface area contributed by atoms with E-state index in [1.54, 1.807) is 30.3 Å². The molecule has 1 unspecified atom stereocenters. The van der Waals surface area contributed by atoms with Crippen molar-refractivity contribution in [3.05, 3.63) is 59.7 Å². The number of nitrogens with two attached hydrogens (primary N) is 2. The van der Waals surface area contributed by atoms with Crippen LogP contribution in [0.4, 0.5) is 10.5 Å². The molecule has 2 saturated heterocycles. The van der Waals surface area contributed by atoms with Crippen LogP contribution < -0.4 is 31.7 Å². The number of hydrogen-bond acceptors (Lipinski definition) is 12. The van der Waals surface area contributed by atoms with E-state index in [1.165, 1.54) is 9.80 Å². The number of aliphatic imine (C=N–C) groups is 2. The number of urea groups is 1. The zero-order valence-electron chi connectivity index (χ0n) is 24.2. The number of carbonyl (C=O) groups is 3. The number of imide groups is 1. The van der Waals surface area contributed by atoms with Crippen LogP contribution in [0.25, 0.3) is 0 Å². The molecule has 3 fully saturated rings. The number of rotatable bonds is 5. The topological polar surface area (TPSA) is 211 Å². The van der Waals surface area contributed by atoms with Gasteiger partial charge in [0, 0.05) is 23.2 Å². The molecular formula is C30H33N9O6. The molecule has 6 aliphatic rings. The quantitative estimate of drug-likeness (QED) is 0.174. The minimum absolute atomic E-state index is 0.0671. The molecule has 0 bridgehead atoms. The number of anilines is 1. The maximum absolute atomic E-state index is 13.7. The molecule has 0 radical (unpaired) electrons. The second kappa shape index (κ2) is 9.31. The highest BCUT2D eigenvalue weighted by Gasteiger charge is 2.73. The number of amides is 4. The van der Waals surface area contributed by atoms with E-state index in [0.717, 1.165) is 29.7 Å². The van der Waals surface area contributed by atoms with Crippen molar-refractivity contribution in [2.75, 3.05) is 31.1 Å². The normalized spacial score (nSPS) is 30.2. The van der Waals surface area contributed by atoms with E-state index in [0.29, 0.717) is 23.6 Å². The van der Waals surface area contributed by atoms with E-state index < -0.39 is 47.4 Å². The molecule has 2 aromatic rings. The van der Waals surface area contributed by atoms with E-state index >= 15 is 0 Å². The molecule has 4 atom stereocenters. The molecular weight excluding hydrogens is 582 g/mol. The number of para-hydroxylation sites is 2. The second-order valence-corrected chi connectivity index (χ2v) is 12.6.